The molecule has 1 nitrogen and oxygen atoms in total. The van der Waals surface area contributed by atoms with Gasteiger partial charge in [-0.25, -0.2) is 0 Å². The lowest BCUT2D eigenvalue weighted by molar-refractivity contribution is 0.346. The zero-order chi connectivity index (χ0) is 29.3. The Balaban J connectivity index is 1.24. The minimum Gasteiger partial charge on any atom is -0.310 e. The van der Waals surface area contributed by atoms with Crippen molar-refractivity contribution in [1.82, 2.24) is 0 Å². The molecule has 0 radical (unpaired) electrons. The van der Waals surface area contributed by atoms with Gasteiger partial charge in [0.2, 0.25) is 0 Å². The lowest BCUT2D eigenvalue weighted by Gasteiger charge is -2.39. The molecule has 6 aromatic carbocycles. The number of hydrogen-bond acceptors (Lipinski definition) is 2. The highest BCUT2D eigenvalue weighted by Crippen LogP contribution is 2.46. The van der Waals surface area contributed by atoms with Gasteiger partial charge in [-0.05, 0) is 83.6 Å². The molecule has 1 heterocycles. The van der Waals surface area contributed by atoms with E-state index in [4.69, 9.17) is 0 Å². The van der Waals surface area contributed by atoms with E-state index in [2.05, 4.69) is 157 Å². The zero-order valence-electron chi connectivity index (χ0n) is 24.8. The quantitative estimate of drug-likeness (QED) is 0.188. The van der Waals surface area contributed by atoms with Crippen LogP contribution in [0.4, 0.5) is 17.1 Å². The monoisotopic (exact) mass is 585 g/mol. The van der Waals surface area contributed by atoms with E-state index in [0.717, 1.165) is 5.69 Å². The minimum atomic E-state index is 0.0920. The van der Waals surface area contributed by atoms with Crippen molar-refractivity contribution in [3.05, 3.63) is 163 Å². The first-order valence-corrected chi connectivity index (χ1v) is 16.6. The van der Waals surface area contributed by atoms with Crippen LogP contribution in [0.1, 0.15) is 43.2 Å². The largest absolute Gasteiger partial charge is 0.310 e. The summed E-state index contributed by atoms with van der Waals surface area (Å²) in [6.45, 7) is 0. The fraction of sp³-hybridized carbons (Fsp3) is 0.143. The molecule has 0 unspecified atom stereocenters. The molecule has 7 aromatic rings. The molecular formula is C42H35NS. The van der Waals surface area contributed by atoms with Crippen LogP contribution in [0.3, 0.4) is 0 Å². The predicted octanol–water partition coefficient (Wildman–Crippen LogP) is 12.4. The second-order valence-electron chi connectivity index (χ2n) is 12.1. The Kier molecular flexibility index (Phi) is 7.01. The zero-order valence-corrected chi connectivity index (χ0v) is 25.6. The average molecular weight is 586 g/mol. The van der Waals surface area contributed by atoms with Crippen LogP contribution >= 0.6 is 11.3 Å². The highest BCUT2D eigenvalue weighted by atomic mass is 32.1. The Morgan fingerprint density at radius 2 is 0.977 bits per heavy atom. The van der Waals surface area contributed by atoms with Crippen LogP contribution in [0.25, 0.3) is 31.3 Å². The van der Waals surface area contributed by atoms with E-state index in [0.29, 0.717) is 0 Å². The smallest absolute Gasteiger partial charge is 0.0468 e. The number of fused-ring (bicyclic) bond motifs is 3. The van der Waals surface area contributed by atoms with Crippen molar-refractivity contribution >= 4 is 48.6 Å². The molecule has 1 fully saturated rings. The third-order valence-corrected chi connectivity index (χ3v) is 10.7. The van der Waals surface area contributed by atoms with Gasteiger partial charge in [0.15, 0.2) is 0 Å². The van der Waals surface area contributed by atoms with Gasteiger partial charge in [-0.1, -0.05) is 122 Å². The van der Waals surface area contributed by atoms with Gasteiger partial charge >= 0.3 is 0 Å². The maximum Gasteiger partial charge on any atom is 0.0468 e. The van der Waals surface area contributed by atoms with Crippen LogP contribution in [0.15, 0.2) is 152 Å². The highest BCUT2D eigenvalue weighted by Gasteiger charge is 2.35. The van der Waals surface area contributed by atoms with Crippen LogP contribution in [-0.4, -0.2) is 0 Å². The Morgan fingerprint density at radius 3 is 1.70 bits per heavy atom. The van der Waals surface area contributed by atoms with E-state index in [9.17, 15) is 0 Å². The Hall–Kier alpha value is -4.66. The average Bonchev–Trinajstić information content (AvgIpc) is 3.48. The van der Waals surface area contributed by atoms with Crippen LogP contribution in [0.5, 0.6) is 0 Å². The third kappa shape index (κ3) is 4.80. The third-order valence-electron chi connectivity index (χ3n) is 9.56. The van der Waals surface area contributed by atoms with E-state index in [1.54, 1.807) is 0 Å². The van der Waals surface area contributed by atoms with Crippen LogP contribution < -0.4 is 4.90 Å². The van der Waals surface area contributed by atoms with Crippen molar-refractivity contribution in [2.24, 2.45) is 0 Å². The standard InChI is InChI=1S/C42H35NS/c1-4-12-31(13-5-1)32-18-22-35(23-19-32)43(37-26-27-41-39(30-37)38-16-8-9-17-40(38)44-41)36-24-20-34(21-25-36)42(28-10-3-11-29-42)33-14-6-2-7-15-33/h1-2,4-9,12-27,30H,3,10-11,28-29H2. The van der Waals surface area contributed by atoms with Gasteiger partial charge in [0.05, 0.1) is 0 Å². The maximum atomic E-state index is 2.42. The van der Waals surface area contributed by atoms with Gasteiger partial charge in [-0.3, -0.25) is 0 Å². The van der Waals surface area contributed by atoms with Crippen molar-refractivity contribution in [3.8, 4) is 11.1 Å². The summed E-state index contributed by atoms with van der Waals surface area (Å²) in [5.74, 6) is 0. The van der Waals surface area contributed by atoms with Crippen molar-refractivity contribution < 1.29 is 0 Å². The van der Waals surface area contributed by atoms with E-state index < -0.39 is 0 Å². The molecule has 1 saturated carbocycles. The molecule has 44 heavy (non-hydrogen) atoms. The molecule has 214 valence electrons. The number of thiophene rings is 1. The number of hydrogen-bond donors (Lipinski definition) is 0. The molecule has 8 rings (SSSR count). The minimum absolute atomic E-state index is 0.0920. The summed E-state index contributed by atoms with van der Waals surface area (Å²) in [5, 5.41) is 2.64. The summed E-state index contributed by atoms with van der Waals surface area (Å²) in [5.41, 5.74) is 8.96. The van der Waals surface area contributed by atoms with Gasteiger partial charge in [0.1, 0.15) is 0 Å². The molecule has 0 amide bonds. The second-order valence-corrected chi connectivity index (χ2v) is 13.2. The first-order valence-electron chi connectivity index (χ1n) is 15.8. The number of anilines is 3. The lowest BCUT2D eigenvalue weighted by atomic mass is 9.65. The molecule has 0 atom stereocenters. The molecule has 2 heteroatoms. The summed E-state index contributed by atoms with van der Waals surface area (Å²) in [4.78, 5) is 2.42. The molecule has 1 aliphatic carbocycles. The topological polar surface area (TPSA) is 3.24 Å². The molecule has 0 bridgehead atoms. The Bertz CT molecular complexity index is 2020. The molecule has 0 spiro atoms. The summed E-state index contributed by atoms with van der Waals surface area (Å²) >= 11 is 1.87. The van der Waals surface area contributed by atoms with Gasteiger partial charge in [0.25, 0.3) is 0 Å². The van der Waals surface area contributed by atoms with Gasteiger partial charge in [-0.15, -0.1) is 11.3 Å². The van der Waals surface area contributed by atoms with Crippen molar-refractivity contribution in [2.75, 3.05) is 4.90 Å². The SMILES string of the molecule is c1ccc(-c2ccc(N(c3ccc(C4(c5ccccc5)CCCCC4)cc3)c3ccc4sc5ccccc5c4c3)cc2)cc1. The number of nitrogens with zero attached hydrogens (tertiary/aromatic N) is 1. The molecule has 0 aliphatic heterocycles. The van der Waals surface area contributed by atoms with E-state index >= 15 is 0 Å². The Labute approximate surface area is 264 Å². The maximum absolute atomic E-state index is 2.42. The molecule has 0 N–H and O–H groups in total. The number of rotatable bonds is 6. The van der Waals surface area contributed by atoms with E-state index in [1.807, 2.05) is 11.3 Å². The Morgan fingerprint density at radius 1 is 0.432 bits per heavy atom. The number of benzene rings is 6. The second kappa shape index (κ2) is 11.4. The van der Waals surface area contributed by atoms with Gasteiger partial charge in [0, 0.05) is 42.6 Å². The van der Waals surface area contributed by atoms with Crippen LogP contribution in [0, 0.1) is 0 Å². The lowest BCUT2D eigenvalue weighted by Crippen LogP contribution is -2.30. The summed E-state index contributed by atoms with van der Waals surface area (Å²) in [6, 6.07) is 56.0. The molecule has 1 aromatic heterocycles. The normalized spacial score (nSPS) is 14.5. The predicted molar refractivity (Wildman–Crippen MR) is 190 cm³/mol. The van der Waals surface area contributed by atoms with E-state index in [1.165, 1.54) is 85.9 Å². The van der Waals surface area contributed by atoms with Crippen molar-refractivity contribution in [1.29, 1.82) is 0 Å². The molecule has 0 saturated heterocycles. The molecular weight excluding hydrogens is 551 g/mol. The van der Waals surface area contributed by atoms with E-state index in [-0.39, 0.29) is 5.41 Å². The fourth-order valence-electron chi connectivity index (χ4n) is 7.32. The summed E-state index contributed by atoms with van der Waals surface area (Å²) in [6.07, 6.45) is 6.32. The van der Waals surface area contributed by atoms with Gasteiger partial charge in [-0.2, -0.15) is 0 Å². The fourth-order valence-corrected chi connectivity index (χ4v) is 8.41. The van der Waals surface area contributed by atoms with Crippen molar-refractivity contribution in [2.45, 2.75) is 37.5 Å². The van der Waals surface area contributed by atoms with Crippen LogP contribution in [0.2, 0.25) is 0 Å². The van der Waals surface area contributed by atoms with Crippen molar-refractivity contribution in [3.63, 3.8) is 0 Å². The van der Waals surface area contributed by atoms with Gasteiger partial charge < -0.3 is 4.90 Å². The highest BCUT2D eigenvalue weighted by molar-refractivity contribution is 7.25. The van der Waals surface area contributed by atoms with Crippen LogP contribution in [-0.2, 0) is 5.41 Å². The first kappa shape index (κ1) is 26.9. The summed E-state index contributed by atoms with van der Waals surface area (Å²) < 4.78 is 2.66. The molecule has 1 aliphatic rings. The first-order chi connectivity index (χ1) is 21.8. The summed E-state index contributed by atoms with van der Waals surface area (Å²) in [7, 11) is 0.